The Balaban J connectivity index is 0.00000121. The SMILES string of the molecule is CC(C)n1c(C2CCCN(C(=O)C3(N)CC3)C2)nc2ccccc21.Cl.Cl. The summed E-state index contributed by atoms with van der Waals surface area (Å²) in [6.07, 6.45) is 3.76. The summed E-state index contributed by atoms with van der Waals surface area (Å²) in [7, 11) is 0. The maximum atomic E-state index is 12.6. The molecular weight excluding hydrogens is 371 g/mol. The molecule has 2 aliphatic rings. The lowest BCUT2D eigenvalue weighted by Gasteiger charge is -2.34. The van der Waals surface area contributed by atoms with Gasteiger partial charge in [0.05, 0.1) is 16.6 Å². The topological polar surface area (TPSA) is 64.2 Å². The largest absolute Gasteiger partial charge is 0.340 e. The van der Waals surface area contributed by atoms with Crippen molar-refractivity contribution < 1.29 is 4.79 Å². The zero-order valence-electron chi connectivity index (χ0n) is 15.4. The molecule has 0 bridgehead atoms. The predicted octanol–water partition coefficient (Wildman–Crippen LogP) is 3.66. The molecular formula is C19H28Cl2N4O. The van der Waals surface area contributed by atoms with E-state index >= 15 is 0 Å². The van der Waals surface area contributed by atoms with E-state index in [-0.39, 0.29) is 30.7 Å². The number of hydrogen-bond donors (Lipinski definition) is 1. The third-order valence-corrected chi connectivity index (χ3v) is 5.43. The van der Waals surface area contributed by atoms with E-state index in [4.69, 9.17) is 10.7 Å². The minimum atomic E-state index is -0.569. The van der Waals surface area contributed by atoms with E-state index in [1.807, 2.05) is 11.0 Å². The average Bonchev–Trinajstić information content (AvgIpc) is 3.21. The van der Waals surface area contributed by atoms with Gasteiger partial charge < -0.3 is 15.2 Å². The van der Waals surface area contributed by atoms with Gasteiger partial charge in [0.15, 0.2) is 0 Å². The second-order valence-electron chi connectivity index (χ2n) is 7.67. The van der Waals surface area contributed by atoms with Crippen LogP contribution in [0.4, 0.5) is 0 Å². The molecule has 5 nitrogen and oxygen atoms in total. The molecule has 1 aliphatic heterocycles. The Morgan fingerprint density at radius 2 is 1.96 bits per heavy atom. The van der Waals surface area contributed by atoms with Gasteiger partial charge in [0.2, 0.25) is 5.91 Å². The van der Waals surface area contributed by atoms with Crippen LogP contribution >= 0.6 is 24.8 Å². The molecule has 2 N–H and O–H groups in total. The summed E-state index contributed by atoms with van der Waals surface area (Å²) in [6, 6.07) is 8.65. The molecule has 2 aromatic rings. The molecule has 1 saturated carbocycles. The van der Waals surface area contributed by atoms with Crippen molar-refractivity contribution >= 4 is 41.8 Å². The van der Waals surface area contributed by atoms with E-state index in [9.17, 15) is 4.79 Å². The molecule has 1 aromatic carbocycles. The number of carbonyl (C=O) groups excluding carboxylic acids is 1. The third kappa shape index (κ3) is 3.57. The first kappa shape index (κ1) is 21.0. The van der Waals surface area contributed by atoms with E-state index in [0.29, 0.717) is 12.0 Å². The number of hydrogen-bond acceptors (Lipinski definition) is 3. The standard InChI is InChI=1S/C19H26N4O.2ClH/c1-13(2)23-16-8-4-3-7-15(16)21-17(23)14-6-5-11-22(12-14)18(24)19(20)9-10-19;;/h3-4,7-8,13-14H,5-6,9-12,20H2,1-2H3;2*1H. The minimum absolute atomic E-state index is 0. The van der Waals surface area contributed by atoms with Crippen molar-refractivity contribution in [1.29, 1.82) is 0 Å². The summed E-state index contributed by atoms with van der Waals surface area (Å²) in [5, 5.41) is 0. The van der Waals surface area contributed by atoms with Gasteiger partial charge in [-0.15, -0.1) is 24.8 Å². The van der Waals surface area contributed by atoms with Crippen LogP contribution in [0.2, 0.25) is 0 Å². The quantitative estimate of drug-likeness (QED) is 0.857. The van der Waals surface area contributed by atoms with Crippen LogP contribution < -0.4 is 5.73 Å². The van der Waals surface area contributed by atoms with Gasteiger partial charge >= 0.3 is 0 Å². The van der Waals surface area contributed by atoms with Gasteiger partial charge in [-0.3, -0.25) is 4.79 Å². The Bertz CT molecular complexity index is 785. The zero-order chi connectivity index (χ0) is 16.9. The van der Waals surface area contributed by atoms with Crippen LogP contribution in [0.1, 0.15) is 57.3 Å². The van der Waals surface area contributed by atoms with E-state index in [1.54, 1.807) is 0 Å². The Labute approximate surface area is 167 Å². The van der Waals surface area contributed by atoms with Crippen LogP contribution in [0, 0.1) is 0 Å². The number of carbonyl (C=O) groups is 1. The van der Waals surface area contributed by atoms with Crippen LogP contribution in [0.5, 0.6) is 0 Å². The molecule has 1 aromatic heterocycles. The number of nitrogens with two attached hydrogens (primary N) is 1. The van der Waals surface area contributed by atoms with Crippen molar-refractivity contribution in [2.24, 2.45) is 5.73 Å². The fourth-order valence-electron chi connectivity index (χ4n) is 3.93. The van der Waals surface area contributed by atoms with Crippen molar-refractivity contribution in [2.45, 2.75) is 57.0 Å². The highest BCUT2D eigenvalue weighted by Crippen LogP contribution is 2.37. The first-order chi connectivity index (χ1) is 11.5. The molecule has 26 heavy (non-hydrogen) atoms. The number of aromatic nitrogens is 2. The number of imidazole rings is 1. The molecule has 0 spiro atoms. The third-order valence-electron chi connectivity index (χ3n) is 5.43. The number of rotatable bonds is 3. The summed E-state index contributed by atoms with van der Waals surface area (Å²) in [6.45, 7) is 5.97. The molecule has 1 amide bonds. The smallest absolute Gasteiger partial charge is 0.242 e. The molecule has 1 aliphatic carbocycles. The first-order valence-electron chi connectivity index (χ1n) is 9.05. The Kier molecular flexibility index (Phi) is 6.26. The number of halogens is 2. The highest BCUT2D eigenvalue weighted by atomic mass is 35.5. The molecule has 7 heteroatoms. The molecule has 2 fully saturated rings. The number of benzene rings is 1. The van der Waals surface area contributed by atoms with E-state index in [1.165, 1.54) is 5.52 Å². The van der Waals surface area contributed by atoms with Gasteiger partial charge in [0.25, 0.3) is 0 Å². The maximum absolute atomic E-state index is 12.6. The number of likely N-dealkylation sites (tertiary alicyclic amines) is 1. The van der Waals surface area contributed by atoms with Gasteiger partial charge in [-0.1, -0.05) is 12.1 Å². The van der Waals surface area contributed by atoms with Crippen LogP contribution in [-0.2, 0) is 4.79 Å². The number of nitrogens with zero attached hydrogens (tertiary/aromatic N) is 3. The van der Waals surface area contributed by atoms with Gasteiger partial charge in [-0.05, 0) is 51.7 Å². The Hall–Kier alpha value is -1.30. The van der Waals surface area contributed by atoms with Crippen LogP contribution in [0.25, 0.3) is 11.0 Å². The fourth-order valence-corrected chi connectivity index (χ4v) is 3.93. The maximum Gasteiger partial charge on any atom is 0.242 e. The summed E-state index contributed by atoms with van der Waals surface area (Å²) >= 11 is 0. The zero-order valence-corrected chi connectivity index (χ0v) is 17.0. The van der Waals surface area contributed by atoms with E-state index < -0.39 is 5.54 Å². The van der Waals surface area contributed by atoms with Gasteiger partial charge in [0.1, 0.15) is 5.82 Å². The van der Waals surface area contributed by atoms with Crippen LogP contribution in [-0.4, -0.2) is 39.0 Å². The van der Waals surface area contributed by atoms with Crippen LogP contribution in [0.15, 0.2) is 24.3 Å². The number of fused-ring (bicyclic) bond motifs is 1. The molecule has 0 radical (unpaired) electrons. The summed E-state index contributed by atoms with van der Waals surface area (Å²) < 4.78 is 2.34. The lowest BCUT2D eigenvalue weighted by Crippen LogP contribution is -2.49. The Morgan fingerprint density at radius 1 is 1.27 bits per heavy atom. The number of amides is 1. The van der Waals surface area contributed by atoms with Crippen molar-refractivity contribution in [3.8, 4) is 0 Å². The normalized spacial score (nSPS) is 21.2. The highest BCUT2D eigenvalue weighted by Gasteiger charge is 2.48. The van der Waals surface area contributed by atoms with E-state index in [0.717, 1.165) is 50.1 Å². The second kappa shape index (κ2) is 7.75. The second-order valence-corrected chi connectivity index (χ2v) is 7.67. The number of piperidine rings is 1. The molecule has 144 valence electrons. The molecule has 1 atom stereocenters. The predicted molar refractivity (Wildman–Crippen MR) is 109 cm³/mol. The lowest BCUT2D eigenvalue weighted by atomic mass is 9.96. The highest BCUT2D eigenvalue weighted by molar-refractivity contribution is 5.89. The van der Waals surface area contributed by atoms with Crippen LogP contribution in [0.3, 0.4) is 0 Å². The molecule has 2 heterocycles. The first-order valence-corrected chi connectivity index (χ1v) is 9.05. The van der Waals surface area contributed by atoms with Crippen molar-refractivity contribution in [3.05, 3.63) is 30.1 Å². The number of para-hydroxylation sites is 2. The molecule has 1 unspecified atom stereocenters. The van der Waals surface area contributed by atoms with Gasteiger partial charge in [-0.25, -0.2) is 4.98 Å². The summed E-state index contributed by atoms with van der Waals surface area (Å²) in [4.78, 5) is 19.5. The van der Waals surface area contributed by atoms with Crippen molar-refractivity contribution in [3.63, 3.8) is 0 Å². The summed E-state index contributed by atoms with van der Waals surface area (Å²) in [5.41, 5.74) is 7.79. The van der Waals surface area contributed by atoms with Crippen molar-refractivity contribution in [2.75, 3.05) is 13.1 Å². The minimum Gasteiger partial charge on any atom is -0.340 e. The fraction of sp³-hybridized carbons (Fsp3) is 0.579. The summed E-state index contributed by atoms with van der Waals surface area (Å²) in [5.74, 6) is 1.55. The molecule has 1 saturated heterocycles. The van der Waals surface area contributed by atoms with Crippen molar-refractivity contribution in [1.82, 2.24) is 14.5 Å². The average molecular weight is 399 g/mol. The molecule has 4 rings (SSSR count). The van der Waals surface area contributed by atoms with E-state index in [2.05, 4.69) is 36.6 Å². The Morgan fingerprint density at radius 3 is 2.62 bits per heavy atom. The van der Waals surface area contributed by atoms with Gasteiger partial charge in [-0.2, -0.15) is 0 Å². The van der Waals surface area contributed by atoms with Gasteiger partial charge in [0, 0.05) is 25.0 Å². The lowest BCUT2D eigenvalue weighted by molar-refractivity contribution is -0.134. The monoisotopic (exact) mass is 398 g/mol.